The Kier molecular flexibility index (Phi) is 1.67. The second kappa shape index (κ2) is 2.81. The summed E-state index contributed by atoms with van der Waals surface area (Å²) in [6, 6.07) is 4.15. The average molecular weight is 205 g/mol. The van der Waals surface area contributed by atoms with Gasteiger partial charge in [0, 0.05) is 18.3 Å². The van der Waals surface area contributed by atoms with Crippen LogP contribution in [0.5, 0.6) is 11.5 Å². The molecule has 0 atom stereocenters. The maximum absolute atomic E-state index is 5.38. The van der Waals surface area contributed by atoms with E-state index in [9.17, 15) is 0 Å². The Morgan fingerprint density at radius 1 is 1.20 bits per heavy atom. The first-order valence-corrected chi connectivity index (χ1v) is 5.30. The monoisotopic (exact) mass is 205 g/mol. The number of benzene rings is 1. The van der Waals surface area contributed by atoms with Gasteiger partial charge in [-0.25, -0.2) is 0 Å². The van der Waals surface area contributed by atoms with Gasteiger partial charge in [0.15, 0.2) is 11.5 Å². The molecule has 1 N–H and O–H groups in total. The lowest BCUT2D eigenvalue weighted by Gasteiger charge is -2.32. The molecule has 0 spiro atoms. The van der Waals surface area contributed by atoms with Crippen molar-refractivity contribution in [3.8, 4) is 11.5 Å². The molecule has 0 aromatic heterocycles. The van der Waals surface area contributed by atoms with Crippen LogP contribution in [0.4, 0.5) is 5.69 Å². The van der Waals surface area contributed by atoms with E-state index in [0.29, 0.717) is 12.2 Å². The van der Waals surface area contributed by atoms with Crippen LogP contribution >= 0.6 is 0 Å². The topological polar surface area (TPSA) is 30.5 Å². The minimum atomic E-state index is 0.320. The summed E-state index contributed by atoms with van der Waals surface area (Å²) in [6.45, 7) is 5.91. The summed E-state index contributed by atoms with van der Waals surface area (Å²) < 4.78 is 10.7. The van der Waals surface area contributed by atoms with Gasteiger partial charge in [0.05, 0.1) is 0 Å². The summed E-state index contributed by atoms with van der Waals surface area (Å²) in [4.78, 5) is 0. The van der Waals surface area contributed by atoms with Gasteiger partial charge in [-0.1, -0.05) is 13.8 Å². The first-order valence-electron chi connectivity index (χ1n) is 5.30. The third-order valence-corrected chi connectivity index (χ3v) is 3.02. The van der Waals surface area contributed by atoms with Crippen LogP contribution in [0, 0.1) is 5.41 Å². The van der Waals surface area contributed by atoms with Gasteiger partial charge >= 0.3 is 0 Å². The van der Waals surface area contributed by atoms with Crippen LogP contribution in [0.2, 0.25) is 0 Å². The molecule has 1 aromatic carbocycles. The molecule has 0 radical (unpaired) electrons. The van der Waals surface area contributed by atoms with Crippen molar-refractivity contribution in [2.75, 3.05) is 18.7 Å². The quantitative estimate of drug-likeness (QED) is 0.705. The Labute approximate surface area is 89.4 Å². The lowest BCUT2D eigenvalue weighted by Crippen LogP contribution is -2.30. The van der Waals surface area contributed by atoms with Crippen molar-refractivity contribution in [2.24, 2.45) is 5.41 Å². The lowest BCUT2D eigenvalue weighted by atomic mass is 9.82. The van der Waals surface area contributed by atoms with Gasteiger partial charge in [0.2, 0.25) is 6.79 Å². The fourth-order valence-corrected chi connectivity index (χ4v) is 2.21. The second-order valence-corrected chi connectivity index (χ2v) is 5.06. The number of rotatable bonds is 0. The minimum absolute atomic E-state index is 0.320. The number of anilines is 1. The highest BCUT2D eigenvalue weighted by Crippen LogP contribution is 2.41. The van der Waals surface area contributed by atoms with Crippen molar-refractivity contribution in [1.82, 2.24) is 0 Å². The maximum atomic E-state index is 5.38. The van der Waals surface area contributed by atoms with E-state index in [1.807, 2.05) is 6.07 Å². The molecule has 80 valence electrons. The first kappa shape index (κ1) is 8.89. The molecule has 3 rings (SSSR count). The Hall–Kier alpha value is -1.38. The number of nitrogens with one attached hydrogen (secondary N) is 1. The summed E-state index contributed by atoms with van der Waals surface area (Å²) in [6.07, 6.45) is 1.09. The summed E-state index contributed by atoms with van der Waals surface area (Å²) in [5, 5.41) is 3.45. The first-order chi connectivity index (χ1) is 7.14. The van der Waals surface area contributed by atoms with Crippen LogP contribution in [0.15, 0.2) is 12.1 Å². The Bertz CT molecular complexity index is 412. The zero-order valence-corrected chi connectivity index (χ0v) is 9.09. The number of hydrogen-bond donors (Lipinski definition) is 1. The highest BCUT2D eigenvalue weighted by molar-refractivity contribution is 5.62. The molecular formula is C12H15NO2. The van der Waals surface area contributed by atoms with Crippen molar-refractivity contribution in [3.63, 3.8) is 0 Å². The molecule has 0 saturated carbocycles. The maximum Gasteiger partial charge on any atom is 0.231 e. The fraction of sp³-hybridized carbons (Fsp3) is 0.500. The van der Waals surface area contributed by atoms with Gasteiger partial charge in [-0.2, -0.15) is 0 Å². The molecule has 0 saturated heterocycles. The predicted molar refractivity (Wildman–Crippen MR) is 58.5 cm³/mol. The largest absolute Gasteiger partial charge is 0.454 e. The summed E-state index contributed by atoms with van der Waals surface area (Å²) in [5.74, 6) is 1.74. The highest BCUT2D eigenvalue weighted by atomic mass is 16.7. The molecule has 0 bridgehead atoms. The Morgan fingerprint density at radius 2 is 1.93 bits per heavy atom. The van der Waals surface area contributed by atoms with Crippen LogP contribution in [0.3, 0.4) is 0 Å². The van der Waals surface area contributed by atoms with Crippen LogP contribution in [-0.2, 0) is 6.42 Å². The smallest absolute Gasteiger partial charge is 0.231 e. The predicted octanol–water partition coefficient (Wildman–Crippen LogP) is 2.41. The summed E-state index contributed by atoms with van der Waals surface area (Å²) >= 11 is 0. The zero-order valence-electron chi connectivity index (χ0n) is 9.09. The van der Waals surface area contributed by atoms with E-state index in [-0.39, 0.29) is 0 Å². The Balaban J connectivity index is 2.04. The molecule has 0 amide bonds. The third kappa shape index (κ3) is 1.42. The van der Waals surface area contributed by atoms with Crippen molar-refractivity contribution >= 4 is 5.69 Å². The SMILES string of the molecule is CC1(C)CNc2cc3c(cc2C1)OCO3. The lowest BCUT2D eigenvalue weighted by molar-refractivity contribution is 0.174. The molecule has 2 heterocycles. The minimum Gasteiger partial charge on any atom is -0.454 e. The van der Waals surface area contributed by atoms with E-state index in [4.69, 9.17) is 9.47 Å². The normalized spacial score (nSPS) is 20.7. The molecular weight excluding hydrogens is 190 g/mol. The van der Waals surface area contributed by atoms with Gasteiger partial charge in [-0.3, -0.25) is 0 Å². The van der Waals surface area contributed by atoms with E-state index in [2.05, 4.69) is 25.2 Å². The standard InChI is InChI=1S/C12H15NO2/c1-12(2)5-8-3-10-11(15-7-14-10)4-9(8)13-6-12/h3-4,13H,5-7H2,1-2H3. The number of fused-ring (bicyclic) bond motifs is 2. The van der Waals surface area contributed by atoms with E-state index in [1.165, 1.54) is 11.3 Å². The fourth-order valence-electron chi connectivity index (χ4n) is 2.21. The molecule has 15 heavy (non-hydrogen) atoms. The van der Waals surface area contributed by atoms with Gasteiger partial charge in [-0.05, 0) is 23.5 Å². The highest BCUT2D eigenvalue weighted by Gasteiger charge is 2.27. The molecule has 3 nitrogen and oxygen atoms in total. The van der Waals surface area contributed by atoms with Crippen LogP contribution in [0.1, 0.15) is 19.4 Å². The molecule has 3 heteroatoms. The molecule has 0 fully saturated rings. The van der Waals surface area contributed by atoms with Crippen molar-refractivity contribution in [1.29, 1.82) is 0 Å². The molecule has 1 aromatic rings. The van der Waals surface area contributed by atoms with Crippen LogP contribution in [-0.4, -0.2) is 13.3 Å². The molecule has 2 aliphatic heterocycles. The number of ether oxygens (including phenoxy) is 2. The van der Waals surface area contributed by atoms with Crippen molar-refractivity contribution in [2.45, 2.75) is 20.3 Å². The van der Waals surface area contributed by atoms with Gasteiger partial charge in [-0.15, -0.1) is 0 Å². The van der Waals surface area contributed by atoms with Gasteiger partial charge in [0.1, 0.15) is 0 Å². The molecule has 0 aliphatic carbocycles. The van der Waals surface area contributed by atoms with E-state index >= 15 is 0 Å². The Morgan fingerprint density at radius 3 is 2.73 bits per heavy atom. The van der Waals surface area contributed by atoms with Crippen LogP contribution < -0.4 is 14.8 Å². The van der Waals surface area contributed by atoms with Crippen molar-refractivity contribution in [3.05, 3.63) is 17.7 Å². The molecule has 2 aliphatic rings. The second-order valence-electron chi connectivity index (χ2n) is 5.06. The average Bonchev–Trinajstić information content (AvgIpc) is 2.60. The van der Waals surface area contributed by atoms with Gasteiger partial charge in [0.25, 0.3) is 0 Å². The van der Waals surface area contributed by atoms with Gasteiger partial charge < -0.3 is 14.8 Å². The molecule has 0 unspecified atom stereocenters. The van der Waals surface area contributed by atoms with E-state index in [1.54, 1.807) is 0 Å². The van der Waals surface area contributed by atoms with E-state index < -0.39 is 0 Å². The van der Waals surface area contributed by atoms with E-state index in [0.717, 1.165) is 24.5 Å². The third-order valence-electron chi connectivity index (χ3n) is 3.02. The zero-order chi connectivity index (χ0) is 10.5. The number of hydrogen-bond acceptors (Lipinski definition) is 3. The summed E-state index contributed by atoms with van der Waals surface area (Å²) in [7, 11) is 0. The van der Waals surface area contributed by atoms with Crippen LogP contribution in [0.25, 0.3) is 0 Å². The summed E-state index contributed by atoms with van der Waals surface area (Å²) in [5.41, 5.74) is 2.84. The van der Waals surface area contributed by atoms with Crippen molar-refractivity contribution < 1.29 is 9.47 Å².